The molecule has 0 fully saturated rings. The highest BCUT2D eigenvalue weighted by Gasteiger charge is 1.94. The van der Waals surface area contributed by atoms with E-state index in [2.05, 4.69) is 74.8 Å². The van der Waals surface area contributed by atoms with Crippen LogP contribution >= 0.6 is 0 Å². The average Bonchev–Trinajstić information content (AvgIpc) is 2.38. The maximum atomic E-state index is 3.87. The van der Waals surface area contributed by atoms with Crippen molar-refractivity contribution in [3.8, 4) is 0 Å². The second kappa shape index (κ2) is 11.5. The average molecular weight is 258 g/mol. The van der Waals surface area contributed by atoms with Crippen LogP contribution in [-0.2, 0) is 0 Å². The van der Waals surface area contributed by atoms with Gasteiger partial charge in [-0.1, -0.05) is 55.5 Å². The van der Waals surface area contributed by atoms with E-state index in [0.29, 0.717) is 0 Å². The summed E-state index contributed by atoms with van der Waals surface area (Å²) in [5.41, 5.74) is 2.53. The van der Waals surface area contributed by atoms with Crippen LogP contribution in [0.15, 0.2) is 60.4 Å². The Balaban J connectivity index is 4.46. The van der Waals surface area contributed by atoms with E-state index in [9.17, 15) is 0 Å². The maximum absolute atomic E-state index is 3.87. The molecule has 0 bridgehead atoms. The predicted octanol–water partition coefficient (Wildman–Crippen LogP) is 5.04. The molecule has 0 aliphatic carbocycles. The third-order valence-electron chi connectivity index (χ3n) is 2.65. The molecule has 0 spiro atoms. The summed E-state index contributed by atoms with van der Waals surface area (Å²) in [6.45, 7) is 10.2. The zero-order valence-electron chi connectivity index (χ0n) is 12.9. The first-order valence-corrected chi connectivity index (χ1v) is 6.96. The highest BCUT2D eigenvalue weighted by molar-refractivity contribution is 5.50. The maximum Gasteiger partial charge on any atom is 0.171 e. The van der Waals surface area contributed by atoms with Gasteiger partial charge in [0.25, 0.3) is 0 Å². The molecule has 0 amide bonds. The Kier molecular flexibility index (Phi) is 10.5. The Hall–Kier alpha value is -1.63. The summed E-state index contributed by atoms with van der Waals surface area (Å²) in [5, 5.41) is 0. The molecule has 0 rings (SSSR count). The van der Waals surface area contributed by atoms with E-state index in [1.807, 2.05) is 13.0 Å². The fourth-order valence-electron chi connectivity index (χ4n) is 1.63. The van der Waals surface area contributed by atoms with Gasteiger partial charge in [-0.15, -0.1) is 0 Å². The summed E-state index contributed by atoms with van der Waals surface area (Å²) in [5.74, 6) is 0. The molecule has 0 unspecified atom stereocenters. The summed E-state index contributed by atoms with van der Waals surface area (Å²) in [6, 6.07) is 0. The van der Waals surface area contributed by atoms with E-state index in [0.717, 1.165) is 19.3 Å². The summed E-state index contributed by atoms with van der Waals surface area (Å²) < 4.78 is 2.10. The van der Waals surface area contributed by atoms with Crippen LogP contribution in [0, 0.1) is 0 Å². The van der Waals surface area contributed by atoms with Crippen LogP contribution in [0.3, 0.4) is 0 Å². The normalized spacial score (nSPS) is 14.6. The SMILES string of the molecule is C=C/C(=C/[N+](C)=C\CC)C/C=C/C(C)=C/C/C=C\C. The topological polar surface area (TPSA) is 3.01 Å². The number of rotatable bonds is 8. The minimum absolute atomic E-state index is 0.917. The van der Waals surface area contributed by atoms with Crippen molar-refractivity contribution < 1.29 is 4.58 Å². The lowest BCUT2D eigenvalue weighted by atomic mass is 10.1. The van der Waals surface area contributed by atoms with Crippen LogP contribution in [0.5, 0.6) is 0 Å². The zero-order valence-corrected chi connectivity index (χ0v) is 12.9. The summed E-state index contributed by atoms with van der Waals surface area (Å²) in [6.07, 6.45) is 20.0. The minimum atomic E-state index is 0.917. The van der Waals surface area contributed by atoms with E-state index in [-0.39, 0.29) is 0 Å². The van der Waals surface area contributed by atoms with Crippen molar-refractivity contribution in [1.82, 2.24) is 0 Å². The van der Waals surface area contributed by atoms with Crippen molar-refractivity contribution in [3.63, 3.8) is 0 Å². The van der Waals surface area contributed by atoms with Crippen LogP contribution in [0.4, 0.5) is 0 Å². The lowest BCUT2D eigenvalue weighted by molar-refractivity contribution is -0.418. The monoisotopic (exact) mass is 258 g/mol. The molecular weight excluding hydrogens is 230 g/mol. The Labute approximate surface area is 119 Å². The van der Waals surface area contributed by atoms with Crippen molar-refractivity contribution in [2.24, 2.45) is 0 Å². The molecule has 0 saturated heterocycles. The van der Waals surface area contributed by atoms with Gasteiger partial charge < -0.3 is 0 Å². The third-order valence-corrected chi connectivity index (χ3v) is 2.65. The largest absolute Gasteiger partial charge is 0.211 e. The third kappa shape index (κ3) is 10.0. The van der Waals surface area contributed by atoms with Crippen LogP contribution < -0.4 is 0 Å². The van der Waals surface area contributed by atoms with Gasteiger partial charge in [-0.25, -0.2) is 4.58 Å². The molecule has 1 heteroatoms. The summed E-state index contributed by atoms with van der Waals surface area (Å²) in [7, 11) is 2.05. The molecule has 0 N–H and O–H groups in total. The molecule has 0 radical (unpaired) electrons. The van der Waals surface area contributed by atoms with Gasteiger partial charge in [0.15, 0.2) is 6.20 Å². The minimum Gasteiger partial charge on any atom is -0.211 e. The Bertz CT molecular complexity index is 403. The number of hydrogen-bond donors (Lipinski definition) is 0. The zero-order chi connectivity index (χ0) is 14.5. The van der Waals surface area contributed by atoms with Crippen molar-refractivity contribution in [2.75, 3.05) is 7.05 Å². The van der Waals surface area contributed by atoms with E-state index in [4.69, 9.17) is 0 Å². The molecule has 0 heterocycles. The molecule has 1 nitrogen and oxygen atoms in total. The molecule has 0 saturated carbocycles. The standard InChI is InChI=1S/C18H28N/c1-6-9-10-12-17(4)13-11-14-18(8-3)16-19(5)15-7-2/h6,8-9,11-13,15-16H,3,7,10,14H2,1-2,4-5H3/q+1/b9-6-,13-11+,17-12+,18-16-,19-15-. The first-order chi connectivity index (χ1) is 9.13. The number of allylic oxidation sites excluding steroid dienone is 8. The van der Waals surface area contributed by atoms with Gasteiger partial charge in [0, 0.05) is 12.0 Å². The fraction of sp³-hybridized carbons (Fsp3) is 0.389. The summed E-state index contributed by atoms with van der Waals surface area (Å²) in [4.78, 5) is 0. The molecule has 0 aromatic rings. The molecule has 0 aromatic heterocycles. The van der Waals surface area contributed by atoms with Gasteiger partial charge in [-0.05, 0) is 26.7 Å². The number of hydrogen-bond acceptors (Lipinski definition) is 0. The van der Waals surface area contributed by atoms with Gasteiger partial charge in [0.2, 0.25) is 0 Å². The predicted molar refractivity (Wildman–Crippen MR) is 87.8 cm³/mol. The first-order valence-electron chi connectivity index (χ1n) is 6.96. The van der Waals surface area contributed by atoms with E-state index in [1.54, 1.807) is 0 Å². The lowest BCUT2D eigenvalue weighted by Gasteiger charge is -1.95. The smallest absolute Gasteiger partial charge is 0.171 e. The van der Waals surface area contributed by atoms with Gasteiger partial charge in [0.1, 0.15) is 13.3 Å². The van der Waals surface area contributed by atoms with Gasteiger partial charge in [0.05, 0.1) is 0 Å². The van der Waals surface area contributed by atoms with E-state index < -0.39 is 0 Å². The number of nitrogens with zero attached hydrogens (tertiary/aromatic N) is 1. The van der Waals surface area contributed by atoms with Gasteiger partial charge in [-0.3, -0.25) is 0 Å². The molecule has 0 aromatic carbocycles. The second-order valence-electron chi connectivity index (χ2n) is 4.52. The van der Waals surface area contributed by atoms with Crippen molar-refractivity contribution >= 4 is 6.21 Å². The highest BCUT2D eigenvalue weighted by Crippen LogP contribution is 2.06. The quantitative estimate of drug-likeness (QED) is 0.248. The van der Waals surface area contributed by atoms with Crippen molar-refractivity contribution in [1.29, 1.82) is 0 Å². The molecule has 19 heavy (non-hydrogen) atoms. The van der Waals surface area contributed by atoms with Crippen LogP contribution in [0.25, 0.3) is 0 Å². The highest BCUT2D eigenvalue weighted by atomic mass is 14.9. The summed E-state index contributed by atoms with van der Waals surface area (Å²) >= 11 is 0. The van der Waals surface area contributed by atoms with Crippen molar-refractivity contribution in [2.45, 2.75) is 40.0 Å². The Morgan fingerprint density at radius 2 is 2.00 bits per heavy atom. The van der Waals surface area contributed by atoms with Gasteiger partial charge in [-0.2, -0.15) is 0 Å². The Morgan fingerprint density at radius 1 is 1.26 bits per heavy atom. The fourth-order valence-corrected chi connectivity index (χ4v) is 1.63. The van der Waals surface area contributed by atoms with E-state index in [1.165, 1.54) is 11.1 Å². The second-order valence-corrected chi connectivity index (χ2v) is 4.52. The molecule has 0 aliphatic heterocycles. The molecule has 0 aliphatic rings. The van der Waals surface area contributed by atoms with Crippen LogP contribution in [0.2, 0.25) is 0 Å². The lowest BCUT2D eigenvalue weighted by Crippen LogP contribution is -1.98. The van der Waals surface area contributed by atoms with Gasteiger partial charge >= 0.3 is 0 Å². The first kappa shape index (κ1) is 17.4. The van der Waals surface area contributed by atoms with Crippen molar-refractivity contribution in [3.05, 3.63) is 60.4 Å². The molecule has 104 valence electrons. The molecule has 0 atom stereocenters. The van der Waals surface area contributed by atoms with Crippen LogP contribution in [0.1, 0.15) is 40.0 Å². The Morgan fingerprint density at radius 3 is 2.58 bits per heavy atom. The molecular formula is C18H28N+. The van der Waals surface area contributed by atoms with E-state index >= 15 is 0 Å². The van der Waals surface area contributed by atoms with Crippen LogP contribution in [-0.4, -0.2) is 17.8 Å².